The predicted molar refractivity (Wildman–Crippen MR) is 102 cm³/mol. The van der Waals surface area contributed by atoms with Gasteiger partial charge in [-0.2, -0.15) is 0 Å². The lowest BCUT2D eigenvalue weighted by Crippen LogP contribution is -2.05. The van der Waals surface area contributed by atoms with Crippen LogP contribution in [0.5, 0.6) is 5.75 Å². The fourth-order valence-corrected chi connectivity index (χ4v) is 2.76. The molecule has 0 N–H and O–H groups in total. The van der Waals surface area contributed by atoms with Crippen LogP contribution in [0.3, 0.4) is 0 Å². The highest BCUT2D eigenvalue weighted by Crippen LogP contribution is 2.25. The number of carbonyl (C=O) groups excluding carboxylic acids is 1. The largest absolute Gasteiger partial charge is 0.493 e. The lowest BCUT2D eigenvalue weighted by molar-refractivity contribution is -0.129. The van der Waals surface area contributed by atoms with E-state index in [1.165, 1.54) is 0 Å². The molecule has 128 valence electrons. The number of hydrogen-bond donors (Lipinski definition) is 0. The van der Waals surface area contributed by atoms with Crippen molar-refractivity contribution in [2.45, 2.75) is 19.8 Å². The van der Waals surface area contributed by atoms with Gasteiger partial charge in [-0.05, 0) is 36.8 Å². The van der Waals surface area contributed by atoms with E-state index in [0.717, 1.165) is 34.2 Å². The molecule has 0 bridgehead atoms. The van der Waals surface area contributed by atoms with E-state index in [1.807, 2.05) is 48.5 Å². The van der Waals surface area contributed by atoms with E-state index in [1.54, 1.807) is 6.08 Å². The van der Waals surface area contributed by atoms with Crippen LogP contribution in [0.2, 0.25) is 0 Å². The van der Waals surface area contributed by atoms with Crippen molar-refractivity contribution in [1.82, 2.24) is 0 Å². The monoisotopic (exact) mass is 399 g/mol. The van der Waals surface area contributed by atoms with Crippen LogP contribution in [0.4, 0.5) is 0 Å². The second-order valence-corrected chi connectivity index (χ2v) is 6.50. The molecule has 0 radical (unpaired) electrons. The number of carbonyl (C=O) groups is 1. The normalized spacial score (nSPS) is 15.2. The van der Waals surface area contributed by atoms with Crippen LogP contribution in [-0.2, 0) is 9.53 Å². The molecule has 1 aliphatic rings. The summed E-state index contributed by atoms with van der Waals surface area (Å²) in [4.78, 5) is 16.5. The van der Waals surface area contributed by atoms with Crippen LogP contribution < -0.4 is 4.74 Å². The number of rotatable bonds is 6. The molecule has 0 spiro atoms. The van der Waals surface area contributed by atoms with Crippen molar-refractivity contribution in [2.24, 2.45) is 4.99 Å². The minimum absolute atomic E-state index is 0.265. The molecule has 3 rings (SSSR count). The molecule has 0 fully saturated rings. The molecule has 5 heteroatoms. The van der Waals surface area contributed by atoms with Gasteiger partial charge in [0.1, 0.15) is 5.75 Å². The summed E-state index contributed by atoms with van der Waals surface area (Å²) in [5.41, 5.74) is 1.82. The quantitative estimate of drug-likeness (QED) is 0.391. The third kappa shape index (κ3) is 4.37. The van der Waals surface area contributed by atoms with Crippen LogP contribution in [0.1, 0.15) is 30.9 Å². The maximum atomic E-state index is 12.2. The summed E-state index contributed by atoms with van der Waals surface area (Å²) in [5, 5.41) is 0. The number of ether oxygens (including phenoxy) is 2. The topological polar surface area (TPSA) is 47.9 Å². The summed E-state index contributed by atoms with van der Waals surface area (Å²) in [5.74, 6) is 0.586. The molecule has 0 saturated heterocycles. The Balaban J connectivity index is 1.87. The smallest absolute Gasteiger partial charge is 0.363 e. The number of para-hydroxylation sites is 1. The van der Waals surface area contributed by atoms with E-state index in [2.05, 4.69) is 27.8 Å². The number of halogens is 1. The van der Waals surface area contributed by atoms with Gasteiger partial charge < -0.3 is 9.47 Å². The van der Waals surface area contributed by atoms with Gasteiger partial charge in [0, 0.05) is 15.6 Å². The first-order valence-electron chi connectivity index (χ1n) is 8.17. The van der Waals surface area contributed by atoms with Crippen LogP contribution in [0.15, 0.2) is 63.7 Å². The molecule has 2 aromatic carbocycles. The van der Waals surface area contributed by atoms with Gasteiger partial charge in [-0.25, -0.2) is 9.79 Å². The third-order valence-electron chi connectivity index (χ3n) is 3.66. The Morgan fingerprint density at radius 2 is 2.04 bits per heavy atom. The summed E-state index contributed by atoms with van der Waals surface area (Å²) in [6.07, 6.45) is 3.75. The zero-order chi connectivity index (χ0) is 17.6. The van der Waals surface area contributed by atoms with Crippen LogP contribution in [0, 0.1) is 0 Å². The fraction of sp³-hybridized carbons (Fsp3) is 0.200. The number of aliphatic imine (C=N–C) groups is 1. The van der Waals surface area contributed by atoms with E-state index >= 15 is 0 Å². The summed E-state index contributed by atoms with van der Waals surface area (Å²) in [6, 6.07) is 15.1. The van der Waals surface area contributed by atoms with E-state index in [-0.39, 0.29) is 5.70 Å². The standard InChI is InChI=1S/C20H18BrNO3/c1-2-3-11-24-18-10-5-4-7-14(18)13-17-20(23)25-19(22-17)15-8-6-9-16(21)12-15/h4-10,12-13H,2-3,11H2,1H3/b17-13-. The van der Waals surface area contributed by atoms with Gasteiger partial charge in [0.05, 0.1) is 6.61 Å². The number of unbranched alkanes of at least 4 members (excludes halogenated alkanes) is 1. The van der Waals surface area contributed by atoms with Gasteiger partial charge in [-0.15, -0.1) is 0 Å². The first kappa shape index (κ1) is 17.4. The summed E-state index contributed by atoms with van der Waals surface area (Å²) in [7, 11) is 0. The number of esters is 1. The zero-order valence-electron chi connectivity index (χ0n) is 13.9. The lowest BCUT2D eigenvalue weighted by Gasteiger charge is -2.08. The van der Waals surface area contributed by atoms with Gasteiger partial charge in [0.2, 0.25) is 5.90 Å². The first-order valence-corrected chi connectivity index (χ1v) is 8.97. The van der Waals surface area contributed by atoms with Crippen molar-refractivity contribution < 1.29 is 14.3 Å². The van der Waals surface area contributed by atoms with Gasteiger partial charge in [0.15, 0.2) is 5.70 Å². The first-order chi connectivity index (χ1) is 12.2. The highest BCUT2D eigenvalue weighted by molar-refractivity contribution is 9.10. The molecule has 0 unspecified atom stereocenters. The Labute approximate surface area is 155 Å². The van der Waals surface area contributed by atoms with Crippen molar-refractivity contribution >= 4 is 33.9 Å². The zero-order valence-corrected chi connectivity index (χ0v) is 15.5. The highest BCUT2D eigenvalue weighted by atomic mass is 79.9. The minimum atomic E-state index is -0.460. The average Bonchev–Trinajstić information content (AvgIpc) is 2.97. The van der Waals surface area contributed by atoms with E-state index in [4.69, 9.17) is 9.47 Å². The minimum Gasteiger partial charge on any atom is -0.493 e. The number of hydrogen-bond acceptors (Lipinski definition) is 4. The predicted octanol–water partition coefficient (Wildman–Crippen LogP) is 4.97. The number of benzene rings is 2. The van der Waals surface area contributed by atoms with Crippen molar-refractivity contribution in [1.29, 1.82) is 0 Å². The molecule has 0 aromatic heterocycles. The summed E-state index contributed by atoms with van der Waals surface area (Å²) in [6.45, 7) is 2.76. The number of cyclic esters (lactones) is 1. The second kappa shape index (κ2) is 8.12. The van der Waals surface area contributed by atoms with Gasteiger partial charge in [-0.3, -0.25) is 0 Å². The van der Waals surface area contributed by atoms with Crippen LogP contribution in [0.25, 0.3) is 6.08 Å². The lowest BCUT2D eigenvalue weighted by atomic mass is 10.1. The Morgan fingerprint density at radius 3 is 2.84 bits per heavy atom. The summed E-state index contributed by atoms with van der Waals surface area (Å²) < 4.78 is 12.0. The van der Waals surface area contributed by atoms with E-state index < -0.39 is 5.97 Å². The molecular weight excluding hydrogens is 382 g/mol. The van der Waals surface area contributed by atoms with Gasteiger partial charge >= 0.3 is 5.97 Å². The maximum absolute atomic E-state index is 12.2. The molecule has 4 nitrogen and oxygen atoms in total. The third-order valence-corrected chi connectivity index (χ3v) is 4.15. The van der Waals surface area contributed by atoms with E-state index in [0.29, 0.717) is 12.5 Å². The van der Waals surface area contributed by atoms with Crippen LogP contribution in [-0.4, -0.2) is 18.5 Å². The Morgan fingerprint density at radius 1 is 1.20 bits per heavy atom. The van der Waals surface area contributed by atoms with Crippen molar-refractivity contribution in [3.63, 3.8) is 0 Å². The molecule has 0 atom stereocenters. The Bertz CT molecular complexity index is 842. The molecule has 1 aliphatic heterocycles. The van der Waals surface area contributed by atoms with Gasteiger partial charge in [-0.1, -0.05) is 53.5 Å². The summed E-state index contributed by atoms with van der Waals surface area (Å²) >= 11 is 3.41. The van der Waals surface area contributed by atoms with Crippen LogP contribution >= 0.6 is 15.9 Å². The molecule has 0 saturated carbocycles. The Kier molecular flexibility index (Phi) is 5.66. The molecule has 2 aromatic rings. The molecule has 1 heterocycles. The van der Waals surface area contributed by atoms with E-state index in [9.17, 15) is 4.79 Å². The highest BCUT2D eigenvalue weighted by Gasteiger charge is 2.24. The molecule has 0 amide bonds. The molecule has 25 heavy (non-hydrogen) atoms. The molecule has 0 aliphatic carbocycles. The van der Waals surface area contributed by atoms with Crippen molar-refractivity contribution in [2.75, 3.05) is 6.61 Å². The van der Waals surface area contributed by atoms with Crippen molar-refractivity contribution in [3.8, 4) is 5.75 Å². The Hall–Kier alpha value is -2.40. The fourth-order valence-electron chi connectivity index (χ4n) is 2.36. The SMILES string of the molecule is CCCCOc1ccccc1/C=C1\N=C(c2cccc(Br)c2)OC1=O. The average molecular weight is 400 g/mol. The molecular formula is C20H18BrNO3. The van der Waals surface area contributed by atoms with Gasteiger partial charge in [0.25, 0.3) is 0 Å². The maximum Gasteiger partial charge on any atom is 0.363 e. The second-order valence-electron chi connectivity index (χ2n) is 5.59. The van der Waals surface area contributed by atoms with Crippen molar-refractivity contribution in [3.05, 3.63) is 69.8 Å². The number of nitrogens with zero attached hydrogens (tertiary/aromatic N) is 1.